The Morgan fingerprint density at radius 3 is 2.74 bits per heavy atom. The first-order chi connectivity index (χ1) is 9.16. The van der Waals surface area contributed by atoms with E-state index in [1.54, 1.807) is 6.20 Å². The maximum Gasteiger partial charge on any atom is 0.251 e. The SMILES string of the molecule is Cc1ccc(C(=O)NCCc2cccnc2)cc1C. The maximum absolute atomic E-state index is 12.0. The molecule has 0 spiro atoms. The van der Waals surface area contributed by atoms with Gasteiger partial charge in [-0.3, -0.25) is 9.78 Å². The van der Waals surface area contributed by atoms with Crippen LogP contribution in [0.4, 0.5) is 0 Å². The Morgan fingerprint density at radius 1 is 1.21 bits per heavy atom. The summed E-state index contributed by atoms with van der Waals surface area (Å²) in [6, 6.07) is 9.68. The van der Waals surface area contributed by atoms with Gasteiger partial charge in [-0.15, -0.1) is 0 Å². The van der Waals surface area contributed by atoms with Gasteiger partial charge in [0, 0.05) is 24.5 Å². The zero-order valence-electron chi connectivity index (χ0n) is 11.3. The third kappa shape index (κ3) is 3.65. The lowest BCUT2D eigenvalue weighted by Crippen LogP contribution is -2.25. The monoisotopic (exact) mass is 254 g/mol. The van der Waals surface area contributed by atoms with Crippen molar-refractivity contribution in [3.8, 4) is 0 Å². The highest BCUT2D eigenvalue weighted by molar-refractivity contribution is 5.94. The molecular weight excluding hydrogens is 236 g/mol. The molecule has 1 aromatic heterocycles. The molecule has 0 aliphatic rings. The van der Waals surface area contributed by atoms with Crippen LogP contribution in [0.15, 0.2) is 42.7 Å². The zero-order chi connectivity index (χ0) is 13.7. The molecule has 0 unspecified atom stereocenters. The summed E-state index contributed by atoms with van der Waals surface area (Å²) in [5.74, 6) is -0.0213. The van der Waals surface area contributed by atoms with Crippen LogP contribution < -0.4 is 5.32 Å². The molecule has 0 aliphatic carbocycles. The van der Waals surface area contributed by atoms with E-state index in [4.69, 9.17) is 0 Å². The molecule has 98 valence electrons. The van der Waals surface area contributed by atoms with Crippen molar-refractivity contribution in [2.75, 3.05) is 6.54 Å². The summed E-state index contributed by atoms with van der Waals surface area (Å²) in [5, 5.41) is 2.93. The molecule has 3 nitrogen and oxygen atoms in total. The van der Waals surface area contributed by atoms with Gasteiger partial charge >= 0.3 is 0 Å². The van der Waals surface area contributed by atoms with Crippen molar-refractivity contribution in [3.05, 3.63) is 65.0 Å². The van der Waals surface area contributed by atoms with Crippen molar-refractivity contribution >= 4 is 5.91 Å². The summed E-state index contributed by atoms with van der Waals surface area (Å²) in [4.78, 5) is 16.0. The minimum absolute atomic E-state index is 0.0213. The number of aromatic nitrogens is 1. The third-order valence-electron chi connectivity index (χ3n) is 3.19. The van der Waals surface area contributed by atoms with Gasteiger partial charge in [0.05, 0.1) is 0 Å². The predicted octanol–water partition coefficient (Wildman–Crippen LogP) is 2.67. The molecule has 0 radical (unpaired) electrons. The fraction of sp³-hybridized carbons (Fsp3) is 0.250. The first-order valence-corrected chi connectivity index (χ1v) is 6.41. The Bertz CT molecular complexity index is 564. The van der Waals surface area contributed by atoms with Gasteiger partial charge in [-0.05, 0) is 55.2 Å². The molecule has 0 atom stereocenters. The molecule has 0 fully saturated rings. The molecule has 3 heteroatoms. The summed E-state index contributed by atoms with van der Waals surface area (Å²) in [7, 11) is 0. The van der Waals surface area contributed by atoms with Crippen LogP contribution in [0.2, 0.25) is 0 Å². The standard InChI is InChI=1S/C16H18N2O/c1-12-5-6-15(10-13(12)2)16(19)18-9-7-14-4-3-8-17-11-14/h3-6,8,10-11H,7,9H2,1-2H3,(H,18,19). The van der Waals surface area contributed by atoms with E-state index < -0.39 is 0 Å². The van der Waals surface area contributed by atoms with Crippen LogP contribution in [-0.4, -0.2) is 17.4 Å². The van der Waals surface area contributed by atoms with Gasteiger partial charge in [-0.2, -0.15) is 0 Å². The lowest BCUT2D eigenvalue weighted by molar-refractivity contribution is 0.0954. The molecule has 1 amide bonds. The Morgan fingerprint density at radius 2 is 2.05 bits per heavy atom. The van der Waals surface area contributed by atoms with Crippen LogP contribution in [0.5, 0.6) is 0 Å². The highest BCUT2D eigenvalue weighted by atomic mass is 16.1. The number of rotatable bonds is 4. The number of pyridine rings is 1. The van der Waals surface area contributed by atoms with Gasteiger partial charge in [0.15, 0.2) is 0 Å². The molecule has 1 aromatic carbocycles. The molecule has 0 saturated carbocycles. The first kappa shape index (κ1) is 13.3. The molecule has 0 bridgehead atoms. The highest BCUT2D eigenvalue weighted by Gasteiger charge is 2.05. The van der Waals surface area contributed by atoms with Crippen molar-refractivity contribution in [2.45, 2.75) is 20.3 Å². The largest absolute Gasteiger partial charge is 0.352 e. The van der Waals surface area contributed by atoms with Crippen molar-refractivity contribution in [1.82, 2.24) is 10.3 Å². The van der Waals surface area contributed by atoms with Gasteiger partial charge in [-0.25, -0.2) is 0 Å². The number of carbonyl (C=O) groups excluding carboxylic acids is 1. The van der Waals surface area contributed by atoms with Crippen LogP contribution in [0.1, 0.15) is 27.0 Å². The Balaban J connectivity index is 1.89. The number of carbonyl (C=O) groups is 1. The quantitative estimate of drug-likeness (QED) is 0.911. The average molecular weight is 254 g/mol. The lowest BCUT2D eigenvalue weighted by atomic mass is 10.1. The lowest BCUT2D eigenvalue weighted by Gasteiger charge is -2.07. The summed E-state index contributed by atoms with van der Waals surface area (Å²) < 4.78 is 0. The van der Waals surface area contributed by atoms with Gasteiger partial charge < -0.3 is 5.32 Å². The minimum atomic E-state index is -0.0213. The number of nitrogens with one attached hydrogen (secondary N) is 1. The fourth-order valence-corrected chi connectivity index (χ4v) is 1.85. The Hall–Kier alpha value is -2.16. The van der Waals surface area contributed by atoms with Crippen molar-refractivity contribution < 1.29 is 4.79 Å². The second-order valence-electron chi connectivity index (χ2n) is 4.67. The number of aryl methyl sites for hydroxylation is 2. The van der Waals surface area contributed by atoms with E-state index in [1.807, 2.05) is 50.4 Å². The summed E-state index contributed by atoms with van der Waals surface area (Å²) >= 11 is 0. The van der Waals surface area contributed by atoms with Gasteiger partial charge in [-0.1, -0.05) is 12.1 Å². The number of nitrogens with zero attached hydrogens (tertiary/aromatic N) is 1. The maximum atomic E-state index is 12.0. The van der Waals surface area contributed by atoms with Crippen LogP contribution in [0, 0.1) is 13.8 Å². The highest BCUT2D eigenvalue weighted by Crippen LogP contribution is 2.09. The second kappa shape index (κ2) is 6.14. The molecule has 1 heterocycles. The van der Waals surface area contributed by atoms with Crippen molar-refractivity contribution in [2.24, 2.45) is 0 Å². The van der Waals surface area contributed by atoms with E-state index in [2.05, 4.69) is 10.3 Å². The van der Waals surface area contributed by atoms with Crippen molar-refractivity contribution in [3.63, 3.8) is 0 Å². The molecule has 0 saturated heterocycles. The van der Waals surface area contributed by atoms with Crippen LogP contribution >= 0.6 is 0 Å². The van der Waals surface area contributed by atoms with E-state index in [-0.39, 0.29) is 5.91 Å². The summed E-state index contributed by atoms with van der Waals surface area (Å²) in [5.41, 5.74) is 4.18. The first-order valence-electron chi connectivity index (χ1n) is 6.41. The Kier molecular flexibility index (Phi) is 4.29. The third-order valence-corrected chi connectivity index (χ3v) is 3.19. The van der Waals surface area contributed by atoms with Gasteiger partial charge in [0.1, 0.15) is 0 Å². The predicted molar refractivity (Wildman–Crippen MR) is 76.2 cm³/mol. The van der Waals surface area contributed by atoms with Crippen LogP contribution in [0.3, 0.4) is 0 Å². The van der Waals surface area contributed by atoms with Gasteiger partial charge in [0.25, 0.3) is 5.91 Å². The van der Waals surface area contributed by atoms with Gasteiger partial charge in [0.2, 0.25) is 0 Å². The van der Waals surface area contributed by atoms with E-state index in [0.29, 0.717) is 12.1 Å². The smallest absolute Gasteiger partial charge is 0.251 e. The molecule has 1 N–H and O–H groups in total. The summed E-state index contributed by atoms with van der Waals surface area (Å²) in [6.45, 7) is 4.68. The number of hydrogen-bond acceptors (Lipinski definition) is 2. The minimum Gasteiger partial charge on any atom is -0.352 e. The van der Waals surface area contributed by atoms with Crippen LogP contribution in [0.25, 0.3) is 0 Å². The molecule has 19 heavy (non-hydrogen) atoms. The second-order valence-corrected chi connectivity index (χ2v) is 4.67. The fourth-order valence-electron chi connectivity index (χ4n) is 1.85. The van der Waals surface area contributed by atoms with Crippen molar-refractivity contribution in [1.29, 1.82) is 0 Å². The van der Waals surface area contributed by atoms with E-state index >= 15 is 0 Å². The Labute approximate surface area is 113 Å². The van der Waals surface area contributed by atoms with E-state index in [0.717, 1.165) is 17.5 Å². The molecule has 0 aliphatic heterocycles. The number of benzene rings is 1. The number of hydrogen-bond donors (Lipinski definition) is 1. The van der Waals surface area contributed by atoms with E-state index in [1.165, 1.54) is 5.56 Å². The van der Waals surface area contributed by atoms with Crippen LogP contribution in [-0.2, 0) is 6.42 Å². The molecule has 2 rings (SSSR count). The topological polar surface area (TPSA) is 42.0 Å². The molecular formula is C16H18N2O. The number of amides is 1. The van der Waals surface area contributed by atoms with E-state index in [9.17, 15) is 4.79 Å². The average Bonchev–Trinajstić information content (AvgIpc) is 2.43. The normalized spacial score (nSPS) is 10.2. The molecule has 2 aromatic rings. The zero-order valence-corrected chi connectivity index (χ0v) is 11.3. The summed E-state index contributed by atoms with van der Waals surface area (Å²) in [6.07, 6.45) is 4.36.